The second kappa shape index (κ2) is 4.13. The second-order valence-electron chi connectivity index (χ2n) is 3.51. The summed E-state index contributed by atoms with van der Waals surface area (Å²) in [5, 5.41) is 5.41. The topological polar surface area (TPSA) is 29.1 Å². The highest BCUT2D eigenvalue weighted by atomic mass is 16.1. The summed E-state index contributed by atoms with van der Waals surface area (Å²) in [5.74, 6) is 0. The Morgan fingerprint density at radius 2 is 1.87 bits per heavy atom. The Morgan fingerprint density at radius 1 is 1.13 bits per heavy atom. The fourth-order valence-corrected chi connectivity index (χ4v) is 1.61. The highest BCUT2D eigenvalue weighted by molar-refractivity contribution is 5.94. The Morgan fingerprint density at radius 3 is 2.67 bits per heavy atom. The number of nitrogens with one attached hydrogen (secondary N) is 1. The predicted octanol–water partition coefficient (Wildman–Crippen LogP) is 2.75. The van der Waals surface area contributed by atoms with E-state index >= 15 is 0 Å². The van der Waals surface area contributed by atoms with Crippen LogP contribution in [0.1, 0.15) is 6.92 Å². The molecule has 2 heteroatoms. The number of anilines is 1. The van der Waals surface area contributed by atoms with E-state index in [-0.39, 0.29) is 6.04 Å². The molecule has 0 saturated heterocycles. The molecule has 0 unspecified atom stereocenters. The van der Waals surface area contributed by atoms with E-state index in [9.17, 15) is 4.79 Å². The first-order chi connectivity index (χ1) is 7.31. The average Bonchev–Trinajstić information content (AvgIpc) is 2.29. The monoisotopic (exact) mass is 198 g/mol. The van der Waals surface area contributed by atoms with Gasteiger partial charge in [-0.25, -0.2) is 0 Å². The number of benzene rings is 2. The molecule has 0 fully saturated rings. The van der Waals surface area contributed by atoms with Crippen molar-refractivity contribution in [2.75, 3.05) is 5.32 Å². The molecule has 2 nitrogen and oxygen atoms in total. The second-order valence-corrected chi connectivity index (χ2v) is 3.51. The lowest BCUT2D eigenvalue weighted by atomic mass is 10.1. The van der Waals surface area contributed by atoms with Crippen LogP contribution < -0.4 is 5.32 Å². The largest absolute Gasteiger partial charge is 0.375 e. The third kappa shape index (κ3) is 1.99. The van der Waals surface area contributed by atoms with Crippen LogP contribution in [0.4, 0.5) is 5.69 Å². The standard InChI is InChI=1S/C13H12NO/c1-10(9-15)14-13-8-4-6-11-5-2-3-7-12(11)13/h2-8,10,14H,1H3/t10-/m0/s1. The summed E-state index contributed by atoms with van der Waals surface area (Å²) in [6, 6.07) is 13.8. The van der Waals surface area contributed by atoms with Gasteiger partial charge in [0.2, 0.25) is 6.29 Å². The van der Waals surface area contributed by atoms with E-state index in [0.717, 1.165) is 11.1 Å². The van der Waals surface area contributed by atoms with E-state index in [1.807, 2.05) is 36.6 Å². The van der Waals surface area contributed by atoms with Crippen molar-refractivity contribution in [3.63, 3.8) is 0 Å². The molecule has 0 amide bonds. The summed E-state index contributed by atoms with van der Waals surface area (Å²) in [7, 11) is 0. The maximum absolute atomic E-state index is 10.5. The van der Waals surface area contributed by atoms with E-state index in [2.05, 4.69) is 17.4 Å². The third-order valence-corrected chi connectivity index (χ3v) is 2.34. The van der Waals surface area contributed by atoms with Crippen molar-refractivity contribution in [2.45, 2.75) is 13.0 Å². The van der Waals surface area contributed by atoms with Crippen LogP contribution in [-0.2, 0) is 4.79 Å². The molecule has 0 bridgehead atoms. The minimum Gasteiger partial charge on any atom is -0.375 e. The Labute approximate surface area is 88.9 Å². The van der Waals surface area contributed by atoms with E-state index in [1.165, 1.54) is 5.39 Å². The molecule has 0 aliphatic rings. The first kappa shape index (κ1) is 9.71. The molecule has 2 aromatic rings. The van der Waals surface area contributed by atoms with Gasteiger partial charge in [0.1, 0.15) is 0 Å². The highest BCUT2D eigenvalue weighted by Gasteiger charge is 2.03. The molecule has 0 aliphatic carbocycles. The van der Waals surface area contributed by atoms with Crippen LogP contribution in [0.2, 0.25) is 0 Å². The van der Waals surface area contributed by atoms with Crippen LogP contribution in [0.3, 0.4) is 0 Å². The van der Waals surface area contributed by atoms with Gasteiger partial charge in [-0.2, -0.15) is 0 Å². The molecule has 1 N–H and O–H groups in total. The van der Waals surface area contributed by atoms with Crippen LogP contribution in [0.5, 0.6) is 0 Å². The average molecular weight is 198 g/mol. The number of hydrogen-bond acceptors (Lipinski definition) is 2. The van der Waals surface area contributed by atoms with Crippen molar-refractivity contribution in [1.82, 2.24) is 0 Å². The van der Waals surface area contributed by atoms with Crippen molar-refractivity contribution in [1.29, 1.82) is 0 Å². The van der Waals surface area contributed by atoms with Gasteiger partial charge in [0.15, 0.2) is 0 Å². The zero-order valence-corrected chi connectivity index (χ0v) is 8.53. The predicted molar refractivity (Wildman–Crippen MR) is 62.7 cm³/mol. The lowest BCUT2D eigenvalue weighted by Crippen LogP contribution is -2.16. The summed E-state index contributed by atoms with van der Waals surface area (Å²) < 4.78 is 0. The van der Waals surface area contributed by atoms with E-state index in [4.69, 9.17) is 0 Å². The fraction of sp³-hybridized carbons (Fsp3) is 0.154. The molecule has 2 aromatic carbocycles. The first-order valence-corrected chi connectivity index (χ1v) is 4.93. The summed E-state index contributed by atoms with van der Waals surface area (Å²) in [4.78, 5) is 10.5. The van der Waals surface area contributed by atoms with Gasteiger partial charge in [-0.15, -0.1) is 0 Å². The van der Waals surface area contributed by atoms with E-state index < -0.39 is 0 Å². The molecule has 0 aliphatic heterocycles. The number of carbonyl (C=O) groups excluding carboxylic acids is 1. The molecular weight excluding hydrogens is 186 g/mol. The minimum absolute atomic E-state index is 0.282. The summed E-state index contributed by atoms with van der Waals surface area (Å²) in [5.41, 5.74) is 0.976. The molecule has 1 atom stereocenters. The first-order valence-electron chi connectivity index (χ1n) is 4.93. The zero-order chi connectivity index (χ0) is 10.7. The molecule has 75 valence electrons. The highest BCUT2D eigenvalue weighted by Crippen LogP contribution is 2.23. The van der Waals surface area contributed by atoms with Gasteiger partial charge in [-0.05, 0) is 18.4 Å². The molecule has 0 spiro atoms. The Bertz CT molecular complexity index is 473. The van der Waals surface area contributed by atoms with Crippen molar-refractivity contribution in [3.05, 3.63) is 42.5 Å². The molecule has 2 rings (SSSR count). The Balaban J connectivity index is 2.46. The van der Waals surface area contributed by atoms with Crippen LogP contribution in [0, 0.1) is 0 Å². The van der Waals surface area contributed by atoms with Crippen molar-refractivity contribution >= 4 is 22.7 Å². The maximum Gasteiger partial charge on any atom is 0.222 e. The SMILES string of the molecule is C[C@@H]([C]=O)Nc1cccc2ccccc12. The van der Waals surface area contributed by atoms with Gasteiger partial charge in [0.25, 0.3) is 0 Å². The lowest BCUT2D eigenvalue weighted by molar-refractivity contribution is 0.549. The summed E-state index contributed by atoms with van der Waals surface area (Å²) >= 11 is 0. The molecule has 15 heavy (non-hydrogen) atoms. The third-order valence-electron chi connectivity index (χ3n) is 2.34. The Kier molecular flexibility index (Phi) is 2.68. The van der Waals surface area contributed by atoms with E-state index in [1.54, 1.807) is 6.92 Å². The normalized spacial score (nSPS) is 12.3. The van der Waals surface area contributed by atoms with Crippen molar-refractivity contribution < 1.29 is 4.79 Å². The fourth-order valence-electron chi connectivity index (χ4n) is 1.61. The van der Waals surface area contributed by atoms with Crippen LogP contribution in [0.15, 0.2) is 42.5 Å². The number of hydrogen-bond donors (Lipinski definition) is 1. The molecule has 0 saturated carbocycles. The number of fused-ring (bicyclic) bond motifs is 1. The molecular formula is C13H12NO. The maximum atomic E-state index is 10.5. The van der Waals surface area contributed by atoms with Gasteiger partial charge in [-0.3, -0.25) is 4.79 Å². The van der Waals surface area contributed by atoms with Gasteiger partial charge in [-0.1, -0.05) is 36.4 Å². The van der Waals surface area contributed by atoms with E-state index in [0.29, 0.717) is 0 Å². The molecule has 1 radical (unpaired) electrons. The van der Waals surface area contributed by atoms with Crippen molar-refractivity contribution in [2.24, 2.45) is 0 Å². The summed E-state index contributed by atoms with van der Waals surface area (Å²) in [6.45, 7) is 1.79. The van der Waals surface area contributed by atoms with Crippen LogP contribution >= 0.6 is 0 Å². The number of rotatable bonds is 3. The zero-order valence-electron chi connectivity index (χ0n) is 8.53. The van der Waals surface area contributed by atoms with Crippen molar-refractivity contribution in [3.8, 4) is 0 Å². The summed E-state index contributed by atoms with van der Waals surface area (Å²) in [6.07, 6.45) is 1.92. The minimum atomic E-state index is -0.282. The van der Waals surface area contributed by atoms with Gasteiger partial charge in [0.05, 0.1) is 6.04 Å². The van der Waals surface area contributed by atoms with Gasteiger partial charge in [0, 0.05) is 11.1 Å². The Hall–Kier alpha value is -1.83. The van der Waals surface area contributed by atoms with Gasteiger partial charge < -0.3 is 5.32 Å². The quantitative estimate of drug-likeness (QED) is 0.821. The lowest BCUT2D eigenvalue weighted by Gasteiger charge is -2.11. The van der Waals surface area contributed by atoms with Crippen LogP contribution in [-0.4, -0.2) is 12.3 Å². The smallest absolute Gasteiger partial charge is 0.222 e. The van der Waals surface area contributed by atoms with Crippen LogP contribution in [0.25, 0.3) is 10.8 Å². The molecule has 0 aromatic heterocycles. The molecule has 0 heterocycles. The van der Waals surface area contributed by atoms with Gasteiger partial charge >= 0.3 is 0 Å².